The van der Waals surface area contributed by atoms with E-state index in [1.165, 1.54) is 28.3 Å². The maximum atomic E-state index is 13.6. The van der Waals surface area contributed by atoms with Gasteiger partial charge in [-0.15, -0.1) is 11.3 Å². The molecule has 2 aromatic heterocycles. The summed E-state index contributed by atoms with van der Waals surface area (Å²) < 4.78 is 15.5. The van der Waals surface area contributed by atoms with Gasteiger partial charge < -0.3 is 10.6 Å². The molecule has 3 heterocycles. The molecule has 158 valence electrons. The molecule has 5 nitrogen and oxygen atoms in total. The van der Waals surface area contributed by atoms with E-state index in [9.17, 15) is 9.18 Å². The first kappa shape index (κ1) is 21.0. The van der Waals surface area contributed by atoms with Crippen molar-refractivity contribution in [1.29, 1.82) is 0 Å². The van der Waals surface area contributed by atoms with E-state index < -0.39 is 0 Å². The van der Waals surface area contributed by atoms with Crippen molar-refractivity contribution >= 4 is 28.8 Å². The molecule has 1 atom stereocenters. The van der Waals surface area contributed by atoms with Gasteiger partial charge in [-0.25, -0.2) is 4.39 Å². The molecular weight excluding hydrogens is 423 g/mol. The van der Waals surface area contributed by atoms with Crippen LogP contribution < -0.4 is 10.6 Å². The fourth-order valence-electron chi connectivity index (χ4n) is 3.86. The van der Waals surface area contributed by atoms with Crippen LogP contribution in [0, 0.1) is 5.82 Å². The Hall–Kier alpha value is -2.22. The van der Waals surface area contributed by atoms with Crippen LogP contribution in [0.25, 0.3) is 11.3 Å². The van der Waals surface area contributed by atoms with E-state index in [0.717, 1.165) is 49.2 Å². The maximum absolute atomic E-state index is 13.6. The lowest BCUT2D eigenvalue weighted by Crippen LogP contribution is -2.38. The first-order valence-electron chi connectivity index (χ1n) is 10.1. The molecule has 0 spiro atoms. The quantitative estimate of drug-likeness (QED) is 0.568. The van der Waals surface area contributed by atoms with Crippen molar-refractivity contribution < 1.29 is 9.18 Å². The number of carbonyl (C=O) groups excluding carboxylic acids is 1. The van der Waals surface area contributed by atoms with Gasteiger partial charge in [-0.2, -0.15) is 5.10 Å². The van der Waals surface area contributed by atoms with Crippen molar-refractivity contribution in [2.24, 2.45) is 0 Å². The van der Waals surface area contributed by atoms with Crippen molar-refractivity contribution in [3.63, 3.8) is 0 Å². The molecule has 0 unspecified atom stereocenters. The summed E-state index contributed by atoms with van der Waals surface area (Å²) in [6.45, 7) is 1.58. The van der Waals surface area contributed by atoms with Crippen LogP contribution >= 0.6 is 22.9 Å². The van der Waals surface area contributed by atoms with Crippen LogP contribution in [-0.2, 0) is 19.4 Å². The zero-order chi connectivity index (χ0) is 21.1. The Balaban J connectivity index is 1.54. The average Bonchev–Trinajstić information content (AvgIpc) is 3.25. The standard InChI is InChI=1S/C22H24ClFN4OS/c1-25-8-7-16(11-14-4-2-5-15(24)10-14)27-22(29)20-12-17-19(30-20)6-3-9-28-21(17)18(23)13-26-28/h2,4-5,10,12-13,16,25H,3,6-9,11H2,1H3,(H,27,29)/t16-/m1/s1. The lowest BCUT2D eigenvalue weighted by atomic mass is 10.0. The van der Waals surface area contributed by atoms with E-state index in [1.807, 2.05) is 23.9 Å². The molecule has 3 aromatic rings. The van der Waals surface area contributed by atoms with Gasteiger partial charge >= 0.3 is 0 Å². The number of thiophene rings is 1. The number of aromatic nitrogens is 2. The number of rotatable bonds is 7. The molecule has 30 heavy (non-hydrogen) atoms. The molecule has 1 aliphatic rings. The van der Waals surface area contributed by atoms with Gasteiger partial charge in [0.1, 0.15) is 5.82 Å². The molecule has 0 fully saturated rings. The fraction of sp³-hybridized carbons (Fsp3) is 0.364. The summed E-state index contributed by atoms with van der Waals surface area (Å²) in [6, 6.07) is 8.37. The molecule has 4 rings (SSSR count). The highest BCUT2D eigenvalue weighted by Gasteiger charge is 2.24. The van der Waals surface area contributed by atoms with E-state index in [1.54, 1.807) is 12.3 Å². The van der Waals surface area contributed by atoms with Crippen LogP contribution in [0.1, 0.15) is 33.0 Å². The van der Waals surface area contributed by atoms with Gasteiger partial charge in [0.15, 0.2) is 0 Å². The summed E-state index contributed by atoms with van der Waals surface area (Å²) in [5, 5.41) is 11.2. The van der Waals surface area contributed by atoms with Crippen LogP contribution in [0.15, 0.2) is 36.5 Å². The van der Waals surface area contributed by atoms with Crippen LogP contribution in [0.2, 0.25) is 5.02 Å². The number of halogens is 2. The number of nitrogens with one attached hydrogen (secondary N) is 2. The zero-order valence-corrected chi connectivity index (χ0v) is 18.3. The fourth-order valence-corrected chi connectivity index (χ4v) is 5.21. The van der Waals surface area contributed by atoms with Crippen LogP contribution in [0.3, 0.4) is 0 Å². The lowest BCUT2D eigenvalue weighted by molar-refractivity contribution is 0.0939. The molecule has 0 radical (unpaired) electrons. The highest BCUT2D eigenvalue weighted by Crippen LogP contribution is 2.38. The van der Waals surface area contributed by atoms with E-state index >= 15 is 0 Å². The van der Waals surface area contributed by atoms with Crippen LogP contribution in [0.5, 0.6) is 0 Å². The number of carbonyl (C=O) groups is 1. The molecule has 1 aromatic carbocycles. The van der Waals surface area contributed by atoms with Gasteiger partial charge in [-0.05, 0) is 63.0 Å². The maximum Gasteiger partial charge on any atom is 0.261 e. The van der Waals surface area contributed by atoms with Gasteiger partial charge in [-0.1, -0.05) is 23.7 Å². The van der Waals surface area contributed by atoms with Gasteiger partial charge in [0, 0.05) is 23.0 Å². The third kappa shape index (κ3) is 4.58. The van der Waals surface area contributed by atoms with Crippen molar-refractivity contribution in [2.75, 3.05) is 13.6 Å². The predicted octanol–water partition coefficient (Wildman–Crippen LogP) is 4.30. The van der Waals surface area contributed by atoms with Gasteiger partial charge in [0.2, 0.25) is 0 Å². The summed E-state index contributed by atoms with van der Waals surface area (Å²) in [4.78, 5) is 14.9. The van der Waals surface area contributed by atoms with Crippen molar-refractivity contribution in [3.8, 4) is 11.3 Å². The molecule has 8 heteroatoms. The summed E-state index contributed by atoms with van der Waals surface area (Å²) in [7, 11) is 1.88. The van der Waals surface area contributed by atoms with Gasteiger partial charge in [0.25, 0.3) is 5.91 Å². The number of benzene rings is 1. The number of hydrogen-bond donors (Lipinski definition) is 2. The molecule has 0 aliphatic carbocycles. The molecular formula is C22H24ClFN4OS. The Bertz CT molecular complexity index is 1050. The number of nitrogens with zero attached hydrogens (tertiary/aromatic N) is 2. The highest BCUT2D eigenvalue weighted by atomic mass is 35.5. The van der Waals surface area contributed by atoms with E-state index in [-0.39, 0.29) is 17.8 Å². The van der Waals surface area contributed by atoms with E-state index in [2.05, 4.69) is 15.7 Å². The molecule has 1 amide bonds. The Labute approximate surface area is 184 Å². The normalized spacial score (nSPS) is 14.0. The first-order chi connectivity index (χ1) is 14.5. The number of hydrogen-bond acceptors (Lipinski definition) is 4. The largest absolute Gasteiger partial charge is 0.348 e. The predicted molar refractivity (Wildman–Crippen MR) is 119 cm³/mol. The SMILES string of the molecule is CNCC[C@H](Cc1cccc(F)c1)NC(=O)c1cc2c(s1)CCCn1ncc(Cl)c1-2. The molecule has 0 saturated heterocycles. The monoisotopic (exact) mass is 446 g/mol. The number of fused-ring (bicyclic) bond motifs is 3. The molecule has 1 aliphatic heterocycles. The Kier molecular flexibility index (Phi) is 6.51. The first-order valence-corrected chi connectivity index (χ1v) is 11.3. The minimum absolute atomic E-state index is 0.0947. The highest BCUT2D eigenvalue weighted by molar-refractivity contribution is 7.14. The summed E-state index contributed by atoms with van der Waals surface area (Å²) in [5.41, 5.74) is 2.77. The Morgan fingerprint density at radius 2 is 2.27 bits per heavy atom. The molecule has 0 saturated carbocycles. The third-order valence-electron chi connectivity index (χ3n) is 5.31. The van der Waals surface area contributed by atoms with E-state index in [0.29, 0.717) is 16.3 Å². The summed E-state index contributed by atoms with van der Waals surface area (Å²) in [6.07, 6.45) is 4.86. The van der Waals surface area contributed by atoms with Crippen LogP contribution in [0.4, 0.5) is 4.39 Å². The number of aryl methyl sites for hydroxylation is 2. The Morgan fingerprint density at radius 3 is 3.07 bits per heavy atom. The lowest BCUT2D eigenvalue weighted by Gasteiger charge is -2.18. The minimum Gasteiger partial charge on any atom is -0.348 e. The zero-order valence-electron chi connectivity index (χ0n) is 16.8. The number of amides is 1. The second kappa shape index (κ2) is 9.29. The molecule has 2 N–H and O–H groups in total. The van der Waals surface area contributed by atoms with E-state index in [4.69, 9.17) is 11.6 Å². The third-order valence-corrected chi connectivity index (χ3v) is 6.78. The van der Waals surface area contributed by atoms with Crippen LogP contribution in [-0.4, -0.2) is 35.3 Å². The molecule has 0 bridgehead atoms. The second-order valence-electron chi connectivity index (χ2n) is 7.51. The summed E-state index contributed by atoms with van der Waals surface area (Å²) in [5.74, 6) is -0.366. The van der Waals surface area contributed by atoms with Crippen molar-refractivity contribution in [2.45, 2.75) is 38.3 Å². The van der Waals surface area contributed by atoms with Gasteiger partial charge in [-0.3, -0.25) is 9.48 Å². The Morgan fingerprint density at radius 1 is 1.40 bits per heavy atom. The topological polar surface area (TPSA) is 58.9 Å². The van der Waals surface area contributed by atoms with Gasteiger partial charge in [0.05, 0.1) is 21.8 Å². The minimum atomic E-state index is -0.262. The summed E-state index contributed by atoms with van der Waals surface area (Å²) >= 11 is 7.89. The van der Waals surface area contributed by atoms with Crippen molar-refractivity contribution in [3.05, 3.63) is 62.7 Å². The second-order valence-corrected chi connectivity index (χ2v) is 9.06. The van der Waals surface area contributed by atoms with Crippen molar-refractivity contribution in [1.82, 2.24) is 20.4 Å². The smallest absolute Gasteiger partial charge is 0.261 e. The average molecular weight is 447 g/mol.